The number of hydrogen-bond acceptors (Lipinski definition) is 0. The number of benzene rings is 4. The van der Waals surface area contributed by atoms with E-state index in [1.165, 1.54) is 21.5 Å². The Kier molecular flexibility index (Phi) is 7.51. The van der Waals surface area contributed by atoms with Crippen molar-refractivity contribution in [3.8, 4) is 0 Å². The molecule has 0 fully saturated rings. The van der Waals surface area contributed by atoms with Crippen molar-refractivity contribution in [3.05, 3.63) is 155 Å². The molecule has 0 bridgehead atoms. The highest BCUT2D eigenvalue weighted by Crippen LogP contribution is 2.49. The molecule has 4 aromatic rings. The van der Waals surface area contributed by atoms with Crippen LogP contribution >= 0.6 is 0 Å². The van der Waals surface area contributed by atoms with Gasteiger partial charge in [-0.05, 0) is 28.4 Å². The highest BCUT2D eigenvalue weighted by atomic mass is 28.3. The molecule has 1 heterocycles. The first-order chi connectivity index (χ1) is 18.7. The second-order valence-corrected chi connectivity index (χ2v) is 24.7. The number of allylic oxidation sites excluding steroid dienone is 3. The minimum absolute atomic E-state index is 1.40. The molecule has 39 heavy (non-hydrogen) atoms. The largest absolute Gasteiger partial charge is 0.138 e. The van der Waals surface area contributed by atoms with Crippen LogP contribution in [0.1, 0.15) is 18.1 Å². The van der Waals surface area contributed by atoms with Gasteiger partial charge in [-0.1, -0.05) is 187 Å². The molecule has 196 valence electrons. The SMILES string of the molecule is CC1=C(/C=C/[Si](C)(c2ccccc2)c2ccccc2)[Si](C)(C)C(c2ccccc2)=C(c2ccccc2)[Si]1(C)C. The molecule has 0 unspecified atom stereocenters. The van der Waals surface area contributed by atoms with E-state index in [1.807, 2.05) is 0 Å². The van der Waals surface area contributed by atoms with Gasteiger partial charge in [0.2, 0.25) is 0 Å². The Balaban J connectivity index is 1.73. The molecule has 3 heteroatoms. The lowest BCUT2D eigenvalue weighted by Crippen LogP contribution is -2.54. The average Bonchev–Trinajstić information content (AvgIpc) is 2.96. The standard InChI is InChI=1S/C36H40Si3/c1-29-34(27-28-39(6,32-23-15-9-16-24-32)33-25-17-10-18-26-33)38(4,5)36(31-21-13-8-14-22-31)35(37(29,2)3)30-19-11-7-12-20-30/h7-28H,1-6H3/b28-27+. The summed E-state index contributed by atoms with van der Waals surface area (Å²) in [4.78, 5) is 0. The van der Waals surface area contributed by atoms with Gasteiger partial charge in [0.15, 0.2) is 0 Å². The third-order valence-electron chi connectivity index (χ3n) is 8.97. The second kappa shape index (κ2) is 10.7. The predicted octanol–water partition coefficient (Wildman–Crippen LogP) is 8.49. The smallest absolute Gasteiger partial charge is 0.0862 e. The topological polar surface area (TPSA) is 0 Å². The Morgan fingerprint density at radius 1 is 0.513 bits per heavy atom. The molecule has 0 atom stereocenters. The Labute approximate surface area is 238 Å². The van der Waals surface area contributed by atoms with E-state index in [0.717, 1.165) is 0 Å². The Morgan fingerprint density at radius 2 is 0.872 bits per heavy atom. The third kappa shape index (κ3) is 4.95. The first kappa shape index (κ1) is 27.3. The maximum Gasteiger partial charge on any atom is 0.138 e. The molecule has 1 aliphatic heterocycles. The van der Waals surface area contributed by atoms with Gasteiger partial charge in [0.25, 0.3) is 0 Å². The van der Waals surface area contributed by atoms with Crippen molar-refractivity contribution in [1.29, 1.82) is 0 Å². The van der Waals surface area contributed by atoms with Crippen molar-refractivity contribution in [3.63, 3.8) is 0 Å². The summed E-state index contributed by atoms with van der Waals surface area (Å²) in [5, 5.41) is 9.45. The molecule has 0 amide bonds. The van der Waals surface area contributed by atoms with E-state index >= 15 is 0 Å². The van der Waals surface area contributed by atoms with Crippen molar-refractivity contribution in [2.75, 3.05) is 0 Å². The fraction of sp³-hybridized carbons (Fsp3) is 0.167. The fourth-order valence-corrected chi connectivity index (χ4v) is 19.5. The van der Waals surface area contributed by atoms with Crippen LogP contribution in [0.3, 0.4) is 0 Å². The minimum Gasteiger partial charge on any atom is -0.0862 e. The zero-order chi connectivity index (χ0) is 27.7. The molecule has 0 nitrogen and oxygen atoms in total. The second-order valence-electron chi connectivity index (χ2n) is 12.0. The lowest BCUT2D eigenvalue weighted by atomic mass is 10.1. The normalized spacial score (nSPS) is 17.1. The van der Waals surface area contributed by atoms with Gasteiger partial charge in [0, 0.05) is 0 Å². The first-order valence-electron chi connectivity index (χ1n) is 14.1. The first-order valence-corrected chi connectivity index (χ1v) is 22.6. The molecule has 0 aliphatic carbocycles. The van der Waals surface area contributed by atoms with Crippen LogP contribution in [0, 0.1) is 0 Å². The van der Waals surface area contributed by atoms with Crippen LogP contribution in [-0.2, 0) is 0 Å². The van der Waals surface area contributed by atoms with Crippen LogP contribution in [0.25, 0.3) is 10.4 Å². The summed E-state index contributed by atoms with van der Waals surface area (Å²) in [5.74, 6) is 0. The van der Waals surface area contributed by atoms with Gasteiger partial charge in [-0.25, -0.2) is 0 Å². The fourth-order valence-electron chi connectivity index (χ4n) is 6.48. The maximum absolute atomic E-state index is 2.63. The summed E-state index contributed by atoms with van der Waals surface area (Å²) >= 11 is 0. The monoisotopic (exact) mass is 556 g/mol. The summed E-state index contributed by atoms with van der Waals surface area (Å²) in [6.45, 7) is 15.2. The van der Waals surface area contributed by atoms with Crippen LogP contribution in [0.5, 0.6) is 0 Å². The van der Waals surface area contributed by atoms with E-state index in [0.29, 0.717) is 0 Å². The van der Waals surface area contributed by atoms with Crippen molar-refractivity contribution >= 4 is 45.0 Å². The van der Waals surface area contributed by atoms with Gasteiger partial charge in [0.1, 0.15) is 24.2 Å². The van der Waals surface area contributed by atoms with E-state index in [9.17, 15) is 0 Å². The number of hydrogen-bond donors (Lipinski definition) is 0. The molecule has 0 N–H and O–H groups in total. The highest BCUT2D eigenvalue weighted by molar-refractivity contribution is 7.14. The summed E-state index contributed by atoms with van der Waals surface area (Å²) in [6, 6.07) is 44.8. The third-order valence-corrected chi connectivity index (χ3v) is 21.0. The van der Waals surface area contributed by atoms with E-state index < -0.39 is 24.2 Å². The van der Waals surface area contributed by atoms with Crippen molar-refractivity contribution < 1.29 is 0 Å². The van der Waals surface area contributed by atoms with Gasteiger partial charge in [-0.15, -0.1) is 0 Å². The molecule has 4 aromatic carbocycles. The van der Waals surface area contributed by atoms with Gasteiger partial charge in [0.05, 0.1) is 0 Å². The van der Waals surface area contributed by atoms with E-state index in [4.69, 9.17) is 0 Å². The molecule has 0 spiro atoms. The number of rotatable bonds is 6. The van der Waals surface area contributed by atoms with Gasteiger partial charge >= 0.3 is 0 Å². The highest BCUT2D eigenvalue weighted by Gasteiger charge is 2.46. The molecular weight excluding hydrogens is 517 g/mol. The van der Waals surface area contributed by atoms with Crippen molar-refractivity contribution in [2.45, 2.75) is 39.7 Å². The summed E-state index contributed by atoms with van der Waals surface area (Å²) in [6.07, 6.45) is 2.59. The van der Waals surface area contributed by atoms with Crippen molar-refractivity contribution in [2.24, 2.45) is 0 Å². The van der Waals surface area contributed by atoms with Crippen LogP contribution in [-0.4, -0.2) is 24.2 Å². The molecule has 0 aromatic heterocycles. The zero-order valence-corrected chi connectivity index (χ0v) is 27.2. The van der Waals surface area contributed by atoms with E-state index in [-0.39, 0.29) is 0 Å². The van der Waals surface area contributed by atoms with Crippen LogP contribution < -0.4 is 10.4 Å². The molecule has 1 aliphatic rings. The van der Waals surface area contributed by atoms with Crippen LogP contribution in [0.15, 0.2) is 143 Å². The Bertz CT molecular complexity index is 1490. The van der Waals surface area contributed by atoms with Crippen LogP contribution in [0.4, 0.5) is 0 Å². The maximum atomic E-state index is 2.63. The van der Waals surface area contributed by atoms with E-state index in [1.54, 1.807) is 20.8 Å². The summed E-state index contributed by atoms with van der Waals surface area (Å²) in [7, 11) is -6.12. The lowest BCUT2D eigenvalue weighted by molar-refractivity contribution is 1.46. The van der Waals surface area contributed by atoms with Crippen molar-refractivity contribution in [1.82, 2.24) is 0 Å². The quantitative estimate of drug-likeness (QED) is 0.209. The van der Waals surface area contributed by atoms with Gasteiger partial charge in [-0.2, -0.15) is 0 Å². The molecule has 5 rings (SSSR count). The predicted molar refractivity (Wildman–Crippen MR) is 180 cm³/mol. The zero-order valence-electron chi connectivity index (χ0n) is 24.2. The minimum atomic E-state index is -2.10. The molecule has 0 saturated heterocycles. The molecule has 0 radical (unpaired) electrons. The Morgan fingerprint density at radius 3 is 1.28 bits per heavy atom. The van der Waals surface area contributed by atoms with Crippen LogP contribution in [0.2, 0.25) is 32.7 Å². The van der Waals surface area contributed by atoms with Gasteiger partial charge < -0.3 is 0 Å². The van der Waals surface area contributed by atoms with E-state index in [2.05, 4.69) is 173 Å². The lowest BCUT2D eigenvalue weighted by Gasteiger charge is -2.44. The molecular formula is C36H40Si3. The van der Waals surface area contributed by atoms with Gasteiger partial charge in [-0.3, -0.25) is 0 Å². The summed E-state index contributed by atoms with van der Waals surface area (Å²) in [5.41, 5.74) is 5.44. The summed E-state index contributed by atoms with van der Waals surface area (Å²) < 4.78 is 0. The average molecular weight is 557 g/mol. The molecule has 0 saturated carbocycles. The Hall–Kier alpha value is -3.25.